The third-order valence-electron chi connectivity index (χ3n) is 3.53. The Labute approximate surface area is 129 Å². The zero-order chi connectivity index (χ0) is 14.8. The van der Waals surface area contributed by atoms with Crippen LogP contribution in [0.2, 0.25) is 5.15 Å². The maximum absolute atomic E-state index is 6.17. The molecule has 2 aromatic carbocycles. The molecule has 0 unspecified atom stereocenters. The van der Waals surface area contributed by atoms with Crippen LogP contribution >= 0.6 is 11.6 Å². The summed E-state index contributed by atoms with van der Waals surface area (Å²) in [6.45, 7) is 4.20. The first-order valence-corrected chi connectivity index (χ1v) is 7.19. The molecule has 0 bridgehead atoms. The van der Waals surface area contributed by atoms with E-state index in [2.05, 4.69) is 42.0 Å². The second-order valence-electron chi connectivity index (χ2n) is 5.06. The topological polar surface area (TPSA) is 25.8 Å². The fourth-order valence-corrected chi connectivity index (χ4v) is 2.37. The molecular formula is C18H15ClN2. The zero-order valence-electron chi connectivity index (χ0n) is 12.0. The lowest BCUT2D eigenvalue weighted by molar-refractivity contribution is 1.18. The number of benzene rings is 2. The molecule has 0 N–H and O–H groups in total. The van der Waals surface area contributed by atoms with Crippen LogP contribution in [0.1, 0.15) is 11.1 Å². The highest BCUT2D eigenvalue weighted by molar-refractivity contribution is 6.29. The first-order valence-electron chi connectivity index (χ1n) is 6.81. The lowest BCUT2D eigenvalue weighted by Gasteiger charge is -2.07. The molecular weight excluding hydrogens is 280 g/mol. The highest BCUT2D eigenvalue weighted by Gasteiger charge is 2.08. The fourth-order valence-electron chi connectivity index (χ4n) is 2.18. The molecule has 0 amide bonds. The maximum atomic E-state index is 6.17. The van der Waals surface area contributed by atoms with Crippen LogP contribution in [0.15, 0.2) is 54.6 Å². The van der Waals surface area contributed by atoms with E-state index in [0.29, 0.717) is 11.0 Å². The number of hydrogen-bond acceptors (Lipinski definition) is 2. The highest BCUT2D eigenvalue weighted by Crippen LogP contribution is 2.25. The number of hydrogen-bond donors (Lipinski definition) is 0. The number of halogens is 1. The van der Waals surface area contributed by atoms with Gasteiger partial charge in [-0.15, -0.1) is 0 Å². The fraction of sp³-hybridized carbons (Fsp3) is 0.111. The molecule has 0 atom stereocenters. The van der Waals surface area contributed by atoms with Crippen molar-refractivity contribution in [3.05, 3.63) is 70.9 Å². The van der Waals surface area contributed by atoms with Crippen molar-refractivity contribution in [3.8, 4) is 22.6 Å². The second kappa shape index (κ2) is 5.66. The van der Waals surface area contributed by atoms with Crippen molar-refractivity contribution in [2.75, 3.05) is 0 Å². The molecule has 2 nitrogen and oxygen atoms in total. The van der Waals surface area contributed by atoms with Crippen LogP contribution in [-0.2, 0) is 0 Å². The Morgan fingerprint density at radius 1 is 0.762 bits per heavy atom. The van der Waals surface area contributed by atoms with Gasteiger partial charge in [-0.25, -0.2) is 9.97 Å². The van der Waals surface area contributed by atoms with Crippen LogP contribution in [0.25, 0.3) is 22.6 Å². The van der Waals surface area contributed by atoms with Gasteiger partial charge in [0.05, 0.1) is 5.69 Å². The molecule has 3 aromatic rings. The Balaban J connectivity index is 2.11. The van der Waals surface area contributed by atoms with Crippen LogP contribution in [0.4, 0.5) is 0 Å². The average Bonchev–Trinajstić information content (AvgIpc) is 2.50. The predicted octanol–water partition coefficient (Wildman–Crippen LogP) is 5.08. The molecule has 0 fully saturated rings. The summed E-state index contributed by atoms with van der Waals surface area (Å²) in [6, 6.07) is 18.0. The molecule has 21 heavy (non-hydrogen) atoms. The van der Waals surface area contributed by atoms with Crippen molar-refractivity contribution in [2.24, 2.45) is 0 Å². The first kappa shape index (κ1) is 13.8. The molecule has 1 heterocycles. The van der Waals surface area contributed by atoms with Gasteiger partial charge in [-0.3, -0.25) is 0 Å². The minimum Gasteiger partial charge on any atom is -0.228 e. The van der Waals surface area contributed by atoms with E-state index in [0.717, 1.165) is 16.8 Å². The summed E-state index contributed by atoms with van der Waals surface area (Å²) in [5.41, 5.74) is 5.37. The van der Waals surface area contributed by atoms with Crippen molar-refractivity contribution < 1.29 is 0 Å². The van der Waals surface area contributed by atoms with E-state index in [1.807, 2.05) is 30.3 Å². The highest BCUT2D eigenvalue weighted by atomic mass is 35.5. The van der Waals surface area contributed by atoms with Gasteiger partial charge < -0.3 is 0 Å². The number of nitrogens with zero attached hydrogens (tertiary/aromatic N) is 2. The van der Waals surface area contributed by atoms with Gasteiger partial charge in [-0.2, -0.15) is 0 Å². The molecule has 104 valence electrons. The Hall–Kier alpha value is -2.19. The van der Waals surface area contributed by atoms with Gasteiger partial charge in [0.2, 0.25) is 0 Å². The molecule has 1 aromatic heterocycles. The van der Waals surface area contributed by atoms with Crippen LogP contribution < -0.4 is 0 Å². The van der Waals surface area contributed by atoms with Crippen molar-refractivity contribution >= 4 is 11.6 Å². The van der Waals surface area contributed by atoms with Gasteiger partial charge in [0.25, 0.3) is 0 Å². The molecule has 3 heteroatoms. The van der Waals surface area contributed by atoms with Gasteiger partial charge in [0.15, 0.2) is 5.82 Å². The minimum absolute atomic E-state index is 0.456. The smallest absolute Gasteiger partial charge is 0.161 e. The van der Waals surface area contributed by atoms with Crippen LogP contribution in [0, 0.1) is 13.8 Å². The van der Waals surface area contributed by atoms with Gasteiger partial charge in [-0.1, -0.05) is 54.1 Å². The zero-order valence-corrected chi connectivity index (χ0v) is 12.7. The van der Waals surface area contributed by atoms with Crippen LogP contribution in [0.3, 0.4) is 0 Å². The van der Waals surface area contributed by atoms with E-state index in [1.54, 1.807) is 6.07 Å². The molecule has 0 radical (unpaired) electrons. The standard InChI is InChI=1S/C18H15ClN2/c1-12-8-9-15(10-13(12)2)16-11-17(19)21-18(20-16)14-6-4-3-5-7-14/h3-11H,1-2H3. The van der Waals surface area contributed by atoms with Gasteiger partial charge in [0, 0.05) is 17.2 Å². The lowest BCUT2D eigenvalue weighted by atomic mass is 10.0. The van der Waals surface area contributed by atoms with Crippen molar-refractivity contribution in [1.82, 2.24) is 9.97 Å². The Bertz CT molecular complexity index is 782. The maximum Gasteiger partial charge on any atom is 0.161 e. The van der Waals surface area contributed by atoms with E-state index in [9.17, 15) is 0 Å². The minimum atomic E-state index is 0.456. The Morgan fingerprint density at radius 2 is 1.52 bits per heavy atom. The molecule has 0 saturated carbocycles. The van der Waals surface area contributed by atoms with Gasteiger partial charge in [-0.05, 0) is 31.0 Å². The van der Waals surface area contributed by atoms with Crippen molar-refractivity contribution in [1.29, 1.82) is 0 Å². The molecule has 0 saturated heterocycles. The summed E-state index contributed by atoms with van der Waals surface area (Å²) in [4.78, 5) is 8.97. The summed E-state index contributed by atoms with van der Waals surface area (Å²) < 4.78 is 0. The number of rotatable bonds is 2. The summed E-state index contributed by atoms with van der Waals surface area (Å²) in [5.74, 6) is 0.649. The molecule has 0 spiro atoms. The molecule has 0 aliphatic rings. The lowest BCUT2D eigenvalue weighted by Crippen LogP contribution is -1.93. The number of aryl methyl sites for hydroxylation is 2. The van der Waals surface area contributed by atoms with Crippen molar-refractivity contribution in [3.63, 3.8) is 0 Å². The molecule has 3 rings (SSSR count). The normalized spacial score (nSPS) is 10.6. The van der Waals surface area contributed by atoms with Crippen LogP contribution in [0.5, 0.6) is 0 Å². The monoisotopic (exact) mass is 294 g/mol. The summed E-state index contributed by atoms with van der Waals surface area (Å²) in [7, 11) is 0. The largest absolute Gasteiger partial charge is 0.228 e. The third kappa shape index (κ3) is 2.96. The number of aromatic nitrogens is 2. The van der Waals surface area contributed by atoms with E-state index in [4.69, 9.17) is 11.6 Å². The quantitative estimate of drug-likeness (QED) is 0.616. The van der Waals surface area contributed by atoms with E-state index in [-0.39, 0.29) is 0 Å². The van der Waals surface area contributed by atoms with Crippen molar-refractivity contribution in [2.45, 2.75) is 13.8 Å². The Kier molecular flexibility index (Phi) is 3.72. The molecule has 0 aliphatic carbocycles. The summed E-state index contributed by atoms with van der Waals surface area (Å²) in [6.07, 6.45) is 0. The first-order chi connectivity index (χ1) is 10.1. The SMILES string of the molecule is Cc1ccc(-c2cc(Cl)nc(-c3ccccc3)n2)cc1C. The van der Waals surface area contributed by atoms with Gasteiger partial charge >= 0.3 is 0 Å². The summed E-state index contributed by atoms with van der Waals surface area (Å²) in [5, 5.41) is 0.456. The van der Waals surface area contributed by atoms with E-state index < -0.39 is 0 Å². The van der Waals surface area contributed by atoms with E-state index >= 15 is 0 Å². The second-order valence-corrected chi connectivity index (χ2v) is 5.45. The van der Waals surface area contributed by atoms with Gasteiger partial charge in [0.1, 0.15) is 5.15 Å². The summed E-state index contributed by atoms with van der Waals surface area (Å²) >= 11 is 6.17. The predicted molar refractivity (Wildman–Crippen MR) is 87.4 cm³/mol. The average molecular weight is 295 g/mol. The third-order valence-corrected chi connectivity index (χ3v) is 3.72. The van der Waals surface area contributed by atoms with Crippen LogP contribution in [-0.4, -0.2) is 9.97 Å². The Morgan fingerprint density at radius 3 is 2.24 bits per heavy atom. The van der Waals surface area contributed by atoms with E-state index in [1.165, 1.54) is 11.1 Å². The molecule has 0 aliphatic heterocycles.